The SMILES string of the molecule is COc1[nH]c2cccc3c2c1C[C@@H]1C3=C[C@@H](C(=O)N(CCO)CCO)CN1C. The fourth-order valence-electron chi connectivity index (χ4n) is 4.64. The highest BCUT2D eigenvalue weighted by atomic mass is 16.5. The summed E-state index contributed by atoms with van der Waals surface area (Å²) < 4.78 is 5.57. The largest absolute Gasteiger partial charge is 0.482 e. The van der Waals surface area contributed by atoms with Gasteiger partial charge >= 0.3 is 0 Å². The molecule has 0 radical (unpaired) electrons. The molecule has 150 valence electrons. The molecule has 28 heavy (non-hydrogen) atoms. The molecule has 7 nitrogen and oxygen atoms in total. The van der Waals surface area contributed by atoms with E-state index in [1.807, 2.05) is 19.2 Å². The Morgan fingerprint density at radius 3 is 2.75 bits per heavy atom. The lowest BCUT2D eigenvalue weighted by Crippen LogP contribution is -2.48. The minimum absolute atomic E-state index is 0.0504. The summed E-state index contributed by atoms with van der Waals surface area (Å²) in [7, 11) is 3.73. The van der Waals surface area contributed by atoms with Gasteiger partial charge in [0.1, 0.15) is 0 Å². The quantitative estimate of drug-likeness (QED) is 0.686. The van der Waals surface area contributed by atoms with E-state index in [-0.39, 0.29) is 44.2 Å². The summed E-state index contributed by atoms with van der Waals surface area (Å²) >= 11 is 0. The number of aliphatic hydroxyl groups is 2. The number of aliphatic hydroxyl groups excluding tert-OH is 2. The van der Waals surface area contributed by atoms with Crippen LogP contribution in [0, 0.1) is 5.92 Å². The Kier molecular flexibility index (Phi) is 5.14. The third kappa shape index (κ3) is 2.99. The van der Waals surface area contributed by atoms with Gasteiger partial charge in [-0.15, -0.1) is 0 Å². The smallest absolute Gasteiger partial charge is 0.230 e. The van der Waals surface area contributed by atoms with Crippen LogP contribution in [0.4, 0.5) is 0 Å². The van der Waals surface area contributed by atoms with Gasteiger partial charge in [0, 0.05) is 42.1 Å². The fraction of sp³-hybridized carbons (Fsp3) is 0.476. The number of H-pyrrole nitrogens is 1. The number of carbonyl (C=O) groups excluding carboxylic acids is 1. The van der Waals surface area contributed by atoms with Crippen molar-refractivity contribution >= 4 is 22.4 Å². The number of hydrogen-bond donors (Lipinski definition) is 3. The first kappa shape index (κ1) is 19.0. The number of aromatic amines is 1. The molecule has 1 aliphatic carbocycles. The molecule has 7 heteroatoms. The predicted molar refractivity (Wildman–Crippen MR) is 107 cm³/mol. The average molecular weight is 385 g/mol. The predicted octanol–water partition coefficient (Wildman–Crippen LogP) is 0.859. The first-order valence-electron chi connectivity index (χ1n) is 9.69. The number of amides is 1. The molecule has 1 aromatic heterocycles. The number of likely N-dealkylation sites (N-methyl/N-ethyl adjacent to an activating group) is 1. The molecule has 2 heterocycles. The Hall–Kier alpha value is -2.35. The summed E-state index contributed by atoms with van der Waals surface area (Å²) in [5.41, 5.74) is 4.54. The van der Waals surface area contributed by atoms with Crippen molar-refractivity contribution in [3.05, 3.63) is 35.4 Å². The molecule has 3 N–H and O–H groups in total. The van der Waals surface area contributed by atoms with Crippen molar-refractivity contribution in [2.24, 2.45) is 5.92 Å². The number of fused-ring (bicyclic) bond motifs is 2. The number of ether oxygens (including phenoxy) is 1. The molecule has 0 saturated heterocycles. The number of aromatic nitrogens is 1. The van der Waals surface area contributed by atoms with Crippen LogP contribution in [0.1, 0.15) is 11.1 Å². The van der Waals surface area contributed by atoms with E-state index in [0.29, 0.717) is 6.54 Å². The van der Waals surface area contributed by atoms with E-state index in [0.717, 1.165) is 23.4 Å². The van der Waals surface area contributed by atoms with E-state index >= 15 is 0 Å². The average Bonchev–Trinajstić information content (AvgIpc) is 3.07. The molecular formula is C21H27N3O4. The van der Waals surface area contributed by atoms with Crippen molar-refractivity contribution in [2.75, 3.05) is 47.0 Å². The monoisotopic (exact) mass is 385 g/mol. The zero-order valence-corrected chi connectivity index (χ0v) is 16.3. The molecule has 0 unspecified atom stereocenters. The normalized spacial score (nSPS) is 21.4. The van der Waals surface area contributed by atoms with Crippen molar-refractivity contribution < 1.29 is 19.7 Å². The van der Waals surface area contributed by atoms with E-state index < -0.39 is 0 Å². The maximum atomic E-state index is 13.0. The maximum absolute atomic E-state index is 13.0. The van der Waals surface area contributed by atoms with Gasteiger partial charge in [-0.1, -0.05) is 18.2 Å². The van der Waals surface area contributed by atoms with E-state index in [4.69, 9.17) is 4.74 Å². The lowest BCUT2D eigenvalue weighted by atomic mass is 9.79. The van der Waals surface area contributed by atoms with Crippen molar-refractivity contribution in [3.63, 3.8) is 0 Å². The Bertz CT molecular complexity index is 914. The molecule has 0 fully saturated rings. The number of nitrogens with one attached hydrogen (secondary N) is 1. The van der Waals surface area contributed by atoms with E-state index in [1.54, 1.807) is 12.0 Å². The second-order valence-corrected chi connectivity index (χ2v) is 7.53. The first-order chi connectivity index (χ1) is 13.6. The lowest BCUT2D eigenvalue weighted by molar-refractivity contribution is -0.135. The minimum atomic E-state index is -0.299. The maximum Gasteiger partial charge on any atom is 0.230 e. The molecule has 1 aromatic carbocycles. The number of rotatable bonds is 6. The Balaban J connectivity index is 1.76. The van der Waals surface area contributed by atoms with Crippen LogP contribution < -0.4 is 4.74 Å². The number of methoxy groups -OCH3 is 1. The van der Waals surface area contributed by atoms with Crippen LogP contribution in [-0.2, 0) is 11.2 Å². The molecule has 2 aromatic rings. The van der Waals surface area contributed by atoms with Gasteiger partial charge in [-0.25, -0.2) is 0 Å². The van der Waals surface area contributed by atoms with E-state index in [1.165, 1.54) is 16.5 Å². The summed E-state index contributed by atoms with van der Waals surface area (Å²) in [6, 6.07) is 6.37. The molecule has 4 rings (SSSR count). The third-order valence-corrected chi connectivity index (χ3v) is 5.93. The van der Waals surface area contributed by atoms with Crippen molar-refractivity contribution in [1.82, 2.24) is 14.8 Å². The molecule has 0 spiro atoms. The van der Waals surface area contributed by atoms with Crippen LogP contribution in [0.3, 0.4) is 0 Å². The van der Waals surface area contributed by atoms with Gasteiger partial charge in [-0.05, 0) is 30.7 Å². The molecule has 0 bridgehead atoms. The highest BCUT2D eigenvalue weighted by Gasteiger charge is 2.37. The van der Waals surface area contributed by atoms with Crippen molar-refractivity contribution in [2.45, 2.75) is 12.5 Å². The standard InChI is InChI=1S/C21H27N3O4/c1-23-12-13(21(27)24(6-8-25)7-9-26)10-15-14-4-3-5-17-19(14)16(11-18(15)23)20(22-17)28-2/h3-5,10,13,18,22,25-26H,6-9,11-12H2,1-2H3/t13-,18-/m1/s1. The summed E-state index contributed by atoms with van der Waals surface area (Å²) in [5.74, 6) is 0.461. The van der Waals surface area contributed by atoms with Crippen LogP contribution in [0.25, 0.3) is 16.5 Å². The Morgan fingerprint density at radius 1 is 1.32 bits per heavy atom. The fourth-order valence-corrected chi connectivity index (χ4v) is 4.64. The van der Waals surface area contributed by atoms with Gasteiger partial charge in [-0.2, -0.15) is 0 Å². The number of benzene rings is 1. The topological polar surface area (TPSA) is 89.0 Å². The van der Waals surface area contributed by atoms with E-state index in [9.17, 15) is 15.0 Å². The number of carbonyl (C=O) groups is 1. The van der Waals surface area contributed by atoms with Gasteiger partial charge in [0.05, 0.1) is 26.2 Å². The number of nitrogens with zero attached hydrogens (tertiary/aromatic N) is 2. The van der Waals surface area contributed by atoms with Gasteiger partial charge in [0.15, 0.2) is 5.88 Å². The molecule has 2 aliphatic rings. The first-order valence-corrected chi connectivity index (χ1v) is 9.69. The summed E-state index contributed by atoms with van der Waals surface area (Å²) in [6.07, 6.45) is 2.92. The minimum Gasteiger partial charge on any atom is -0.482 e. The summed E-state index contributed by atoms with van der Waals surface area (Å²) in [5, 5.41) is 19.7. The zero-order chi connectivity index (χ0) is 19.8. The second-order valence-electron chi connectivity index (χ2n) is 7.53. The Labute approximate surface area is 164 Å². The highest BCUT2D eigenvalue weighted by molar-refractivity contribution is 6.00. The van der Waals surface area contributed by atoms with Crippen molar-refractivity contribution in [3.8, 4) is 5.88 Å². The lowest BCUT2D eigenvalue weighted by Gasteiger charge is -2.40. The summed E-state index contributed by atoms with van der Waals surface area (Å²) in [6.45, 7) is 0.860. The van der Waals surface area contributed by atoms with Gasteiger partial charge < -0.3 is 24.8 Å². The van der Waals surface area contributed by atoms with Gasteiger partial charge in [0.25, 0.3) is 0 Å². The third-order valence-electron chi connectivity index (χ3n) is 5.93. The number of hydrogen-bond acceptors (Lipinski definition) is 5. The van der Waals surface area contributed by atoms with Gasteiger partial charge in [-0.3, -0.25) is 9.69 Å². The molecule has 1 aliphatic heterocycles. The molecular weight excluding hydrogens is 358 g/mol. The Morgan fingerprint density at radius 2 is 2.07 bits per heavy atom. The summed E-state index contributed by atoms with van der Waals surface area (Å²) in [4.78, 5) is 20.2. The van der Waals surface area contributed by atoms with Crippen LogP contribution in [-0.4, -0.2) is 84.0 Å². The van der Waals surface area contributed by atoms with E-state index in [2.05, 4.69) is 22.0 Å². The van der Waals surface area contributed by atoms with Crippen LogP contribution >= 0.6 is 0 Å². The second kappa shape index (κ2) is 7.58. The van der Waals surface area contributed by atoms with Crippen LogP contribution in [0.5, 0.6) is 5.88 Å². The highest BCUT2D eigenvalue weighted by Crippen LogP contribution is 2.44. The molecule has 2 atom stereocenters. The van der Waals surface area contributed by atoms with Crippen molar-refractivity contribution in [1.29, 1.82) is 0 Å². The molecule has 1 amide bonds. The zero-order valence-electron chi connectivity index (χ0n) is 16.3. The van der Waals surface area contributed by atoms with Gasteiger partial charge in [0.2, 0.25) is 5.91 Å². The van der Waals surface area contributed by atoms with Crippen LogP contribution in [0.2, 0.25) is 0 Å². The van der Waals surface area contributed by atoms with Crippen LogP contribution in [0.15, 0.2) is 24.3 Å². The molecule has 0 saturated carbocycles.